The van der Waals surface area contributed by atoms with Gasteiger partial charge in [0.05, 0.1) is 0 Å². The van der Waals surface area contributed by atoms with E-state index in [1.807, 2.05) is 18.7 Å². The lowest BCUT2D eigenvalue weighted by Gasteiger charge is -2.20. The number of amides is 1. The molecule has 5 nitrogen and oxygen atoms in total. The maximum absolute atomic E-state index is 13.6. The van der Waals surface area contributed by atoms with Crippen molar-refractivity contribution in [1.29, 1.82) is 0 Å². The summed E-state index contributed by atoms with van der Waals surface area (Å²) in [5.41, 5.74) is 0.728. The zero-order valence-electron chi connectivity index (χ0n) is 13.6. The van der Waals surface area contributed by atoms with E-state index in [1.165, 1.54) is 6.07 Å². The summed E-state index contributed by atoms with van der Waals surface area (Å²) in [5, 5.41) is 2.70. The fourth-order valence-corrected chi connectivity index (χ4v) is 2.29. The van der Waals surface area contributed by atoms with Gasteiger partial charge in [-0.25, -0.2) is 14.4 Å². The molecule has 122 valence electrons. The summed E-state index contributed by atoms with van der Waals surface area (Å²) >= 11 is 0. The number of carbonyl (C=O) groups is 1. The van der Waals surface area contributed by atoms with Crippen molar-refractivity contribution in [2.24, 2.45) is 0 Å². The van der Waals surface area contributed by atoms with E-state index in [4.69, 9.17) is 0 Å². The van der Waals surface area contributed by atoms with Gasteiger partial charge < -0.3 is 10.2 Å². The molecule has 0 fully saturated rings. The Morgan fingerprint density at radius 3 is 2.57 bits per heavy atom. The number of aromatic nitrogens is 2. The topological polar surface area (TPSA) is 58.1 Å². The van der Waals surface area contributed by atoms with Gasteiger partial charge >= 0.3 is 0 Å². The Bertz CT molecular complexity index is 686. The summed E-state index contributed by atoms with van der Waals surface area (Å²) in [6, 6.07) is 8.02. The van der Waals surface area contributed by atoms with E-state index in [2.05, 4.69) is 15.3 Å². The Kier molecular flexibility index (Phi) is 5.62. The number of halogens is 1. The molecule has 2 aromatic rings. The predicted molar refractivity (Wildman–Crippen MR) is 87.9 cm³/mol. The lowest BCUT2D eigenvalue weighted by Crippen LogP contribution is -2.27. The number of hydrogen-bond donors (Lipinski definition) is 1. The molecule has 0 aliphatic rings. The first kappa shape index (κ1) is 16.9. The molecule has 0 aliphatic heterocycles. The highest BCUT2D eigenvalue weighted by molar-refractivity contribution is 5.92. The molecule has 0 saturated carbocycles. The fraction of sp³-hybridized carbons (Fsp3) is 0.353. The molecule has 0 spiro atoms. The van der Waals surface area contributed by atoms with Crippen LogP contribution in [0.2, 0.25) is 0 Å². The normalized spacial score (nSPS) is 10.4. The number of nitrogens with zero attached hydrogens (tertiary/aromatic N) is 3. The highest BCUT2D eigenvalue weighted by Crippen LogP contribution is 2.13. The fourth-order valence-electron chi connectivity index (χ4n) is 2.29. The van der Waals surface area contributed by atoms with Crippen LogP contribution in [0.15, 0.2) is 30.3 Å². The van der Waals surface area contributed by atoms with Crippen molar-refractivity contribution in [3.63, 3.8) is 0 Å². The molecular formula is C17H21FN4O. The van der Waals surface area contributed by atoms with E-state index in [0.29, 0.717) is 11.4 Å². The third kappa shape index (κ3) is 4.25. The van der Waals surface area contributed by atoms with Crippen LogP contribution >= 0.6 is 0 Å². The van der Waals surface area contributed by atoms with Gasteiger partial charge in [-0.3, -0.25) is 4.79 Å². The Balaban J connectivity index is 2.14. The summed E-state index contributed by atoms with van der Waals surface area (Å²) in [4.78, 5) is 22.9. The van der Waals surface area contributed by atoms with E-state index in [9.17, 15) is 9.18 Å². The van der Waals surface area contributed by atoms with Gasteiger partial charge in [-0.05, 0) is 26.8 Å². The van der Waals surface area contributed by atoms with E-state index >= 15 is 0 Å². The summed E-state index contributed by atoms with van der Waals surface area (Å²) < 4.78 is 13.6. The van der Waals surface area contributed by atoms with Crippen molar-refractivity contribution in [3.05, 3.63) is 53.2 Å². The number of aryl methyl sites for hydroxylation is 1. The smallest absolute Gasteiger partial charge is 0.270 e. The number of hydrogen-bond acceptors (Lipinski definition) is 4. The molecule has 0 aliphatic carbocycles. The van der Waals surface area contributed by atoms with Gasteiger partial charge in [0, 0.05) is 31.3 Å². The van der Waals surface area contributed by atoms with Crippen molar-refractivity contribution < 1.29 is 9.18 Å². The zero-order valence-corrected chi connectivity index (χ0v) is 13.6. The Hall–Kier alpha value is -2.50. The van der Waals surface area contributed by atoms with Crippen molar-refractivity contribution in [2.75, 3.05) is 18.0 Å². The standard InChI is InChI=1S/C17H21FN4O/c1-4-22(5-2)16-10-15(20-12(3)21-16)17(23)19-11-13-8-6-7-9-14(13)18/h6-10H,4-5,11H2,1-3H3,(H,19,23). The van der Waals surface area contributed by atoms with Crippen LogP contribution in [0.5, 0.6) is 0 Å². The molecule has 1 aromatic carbocycles. The van der Waals surface area contributed by atoms with E-state index < -0.39 is 0 Å². The minimum Gasteiger partial charge on any atom is -0.357 e. The van der Waals surface area contributed by atoms with Gasteiger partial charge in [0.15, 0.2) is 0 Å². The first-order chi connectivity index (χ1) is 11.0. The lowest BCUT2D eigenvalue weighted by molar-refractivity contribution is 0.0945. The quantitative estimate of drug-likeness (QED) is 0.890. The second-order valence-corrected chi connectivity index (χ2v) is 5.10. The number of carbonyl (C=O) groups excluding carboxylic acids is 1. The zero-order chi connectivity index (χ0) is 16.8. The summed E-state index contributed by atoms with van der Waals surface area (Å²) in [5.74, 6) is 0.576. The largest absolute Gasteiger partial charge is 0.357 e. The van der Waals surface area contributed by atoms with Gasteiger partial charge in [0.1, 0.15) is 23.2 Å². The molecule has 0 saturated heterocycles. The van der Waals surface area contributed by atoms with E-state index in [1.54, 1.807) is 31.2 Å². The third-order valence-electron chi connectivity index (χ3n) is 3.54. The number of rotatable bonds is 6. The lowest BCUT2D eigenvalue weighted by atomic mass is 10.2. The second-order valence-electron chi connectivity index (χ2n) is 5.10. The molecule has 1 amide bonds. The van der Waals surface area contributed by atoms with Crippen LogP contribution in [0.4, 0.5) is 10.2 Å². The van der Waals surface area contributed by atoms with Crippen LogP contribution in [-0.2, 0) is 6.54 Å². The van der Waals surface area contributed by atoms with E-state index in [0.717, 1.165) is 18.9 Å². The molecule has 1 heterocycles. The van der Waals surface area contributed by atoms with Crippen LogP contribution in [0, 0.1) is 12.7 Å². The van der Waals surface area contributed by atoms with Crippen LogP contribution < -0.4 is 10.2 Å². The molecule has 0 bridgehead atoms. The van der Waals surface area contributed by atoms with Gasteiger partial charge in [-0.2, -0.15) is 0 Å². The summed E-state index contributed by atoms with van der Waals surface area (Å²) in [7, 11) is 0. The van der Waals surface area contributed by atoms with Crippen LogP contribution in [0.25, 0.3) is 0 Å². The van der Waals surface area contributed by atoms with E-state index in [-0.39, 0.29) is 24.0 Å². The van der Waals surface area contributed by atoms with Crippen LogP contribution in [0.1, 0.15) is 35.7 Å². The molecule has 23 heavy (non-hydrogen) atoms. The highest BCUT2D eigenvalue weighted by atomic mass is 19.1. The average Bonchev–Trinajstić information content (AvgIpc) is 2.54. The van der Waals surface area contributed by atoms with Crippen molar-refractivity contribution >= 4 is 11.7 Å². The maximum atomic E-state index is 13.6. The molecule has 0 unspecified atom stereocenters. The number of anilines is 1. The molecule has 0 radical (unpaired) electrons. The minimum absolute atomic E-state index is 0.120. The number of nitrogens with one attached hydrogen (secondary N) is 1. The second kappa shape index (κ2) is 7.67. The minimum atomic E-state index is -0.341. The molecule has 6 heteroatoms. The highest BCUT2D eigenvalue weighted by Gasteiger charge is 2.13. The van der Waals surface area contributed by atoms with Crippen molar-refractivity contribution in [1.82, 2.24) is 15.3 Å². The Morgan fingerprint density at radius 1 is 1.22 bits per heavy atom. The Morgan fingerprint density at radius 2 is 1.91 bits per heavy atom. The monoisotopic (exact) mass is 316 g/mol. The molecule has 1 aromatic heterocycles. The van der Waals surface area contributed by atoms with Crippen LogP contribution in [0.3, 0.4) is 0 Å². The molecule has 2 rings (SSSR count). The molecular weight excluding hydrogens is 295 g/mol. The SMILES string of the molecule is CCN(CC)c1cc(C(=O)NCc2ccccc2F)nc(C)n1. The van der Waals surface area contributed by atoms with Gasteiger partial charge in [0.25, 0.3) is 5.91 Å². The third-order valence-corrected chi connectivity index (χ3v) is 3.54. The summed E-state index contributed by atoms with van der Waals surface area (Å²) in [6.45, 7) is 7.51. The van der Waals surface area contributed by atoms with Crippen molar-refractivity contribution in [3.8, 4) is 0 Å². The predicted octanol–water partition coefficient (Wildman–Crippen LogP) is 2.70. The van der Waals surface area contributed by atoms with Crippen LogP contribution in [-0.4, -0.2) is 29.0 Å². The first-order valence-corrected chi connectivity index (χ1v) is 7.67. The molecule has 0 atom stereocenters. The molecule has 1 N–H and O–H groups in total. The summed E-state index contributed by atoms with van der Waals surface area (Å²) in [6.07, 6.45) is 0. The number of benzene rings is 1. The Labute approximate surface area is 135 Å². The van der Waals surface area contributed by atoms with Gasteiger partial charge in [0.2, 0.25) is 0 Å². The average molecular weight is 316 g/mol. The van der Waals surface area contributed by atoms with Gasteiger partial charge in [-0.1, -0.05) is 18.2 Å². The van der Waals surface area contributed by atoms with Crippen molar-refractivity contribution in [2.45, 2.75) is 27.3 Å². The maximum Gasteiger partial charge on any atom is 0.270 e. The first-order valence-electron chi connectivity index (χ1n) is 7.67. The van der Waals surface area contributed by atoms with Gasteiger partial charge in [-0.15, -0.1) is 0 Å².